The summed E-state index contributed by atoms with van der Waals surface area (Å²) in [5.74, 6) is 0. The van der Waals surface area contributed by atoms with Crippen molar-refractivity contribution < 1.29 is 0 Å². The summed E-state index contributed by atoms with van der Waals surface area (Å²) < 4.78 is 0. The molecule has 0 radical (unpaired) electrons. The van der Waals surface area contributed by atoms with E-state index in [9.17, 15) is 0 Å². The predicted molar refractivity (Wildman–Crippen MR) is 70.9 cm³/mol. The van der Waals surface area contributed by atoms with Crippen LogP contribution in [-0.2, 0) is 0 Å². The van der Waals surface area contributed by atoms with Gasteiger partial charge in [-0.2, -0.15) is 0 Å². The van der Waals surface area contributed by atoms with Crippen LogP contribution in [0.2, 0.25) is 0 Å². The fourth-order valence-electron chi connectivity index (χ4n) is 2.53. The molecule has 0 aromatic rings. The number of hydrogen-bond acceptors (Lipinski definition) is 3. The molecule has 1 saturated heterocycles. The number of rotatable bonds is 4. The van der Waals surface area contributed by atoms with Crippen LogP contribution in [0.15, 0.2) is 0 Å². The second-order valence-corrected chi connectivity index (χ2v) is 5.83. The molecule has 0 bridgehead atoms. The van der Waals surface area contributed by atoms with E-state index < -0.39 is 0 Å². The van der Waals surface area contributed by atoms with Crippen molar-refractivity contribution in [3.05, 3.63) is 0 Å². The average molecular weight is 227 g/mol. The van der Waals surface area contributed by atoms with Crippen LogP contribution in [0.4, 0.5) is 0 Å². The standard InChI is InChI=1S/C13H29N3/c1-7-11(2)16-10-13(3,4)15(6)9-12(16)8-14-5/h11-12,14H,7-10H2,1-6H3. The minimum Gasteiger partial charge on any atom is -0.318 e. The minimum absolute atomic E-state index is 0.299. The van der Waals surface area contributed by atoms with Crippen LogP contribution >= 0.6 is 0 Å². The highest BCUT2D eigenvalue weighted by Gasteiger charge is 2.37. The van der Waals surface area contributed by atoms with Gasteiger partial charge in [-0.05, 0) is 41.3 Å². The molecule has 96 valence electrons. The maximum absolute atomic E-state index is 3.33. The summed E-state index contributed by atoms with van der Waals surface area (Å²) in [6.07, 6.45) is 1.24. The van der Waals surface area contributed by atoms with Crippen molar-refractivity contribution in [2.45, 2.75) is 51.7 Å². The van der Waals surface area contributed by atoms with E-state index in [1.54, 1.807) is 0 Å². The SMILES string of the molecule is CCC(C)N1CC(C)(C)N(C)CC1CNC. The topological polar surface area (TPSA) is 18.5 Å². The normalized spacial score (nSPS) is 29.2. The molecule has 3 heteroatoms. The molecular weight excluding hydrogens is 198 g/mol. The number of likely N-dealkylation sites (N-methyl/N-ethyl adjacent to an activating group) is 2. The zero-order valence-electron chi connectivity index (χ0n) is 11.9. The molecule has 1 aliphatic heterocycles. The molecule has 1 rings (SSSR count). The van der Waals surface area contributed by atoms with Crippen LogP contribution in [0.3, 0.4) is 0 Å². The Morgan fingerprint density at radius 1 is 1.44 bits per heavy atom. The molecule has 0 spiro atoms. The molecule has 1 aliphatic rings. The lowest BCUT2D eigenvalue weighted by Gasteiger charge is -2.51. The van der Waals surface area contributed by atoms with E-state index in [-0.39, 0.29) is 0 Å². The van der Waals surface area contributed by atoms with Gasteiger partial charge in [0.05, 0.1) is 0 Å². The summed E-state index contributed by atoms with van der Waals surface area (Å²) in [4.78, 5) is 5.17. The second kappa shape index (κ2) is 5.48. The van der Waals surface area contributed by atoms with Crippen molar-refractivity contribution in [1.29, 1.82) is 0 Å². The number of hydrogen-bond donors (Lipinski definition) is 1. The van der Waals surface area contributed by atoms with E-state index in [1.165, 1.54) is 13.0 Å². The third-order valence-corrected chi connectivity index (χ3v) is 4.15. The summed E-state index contributed by atoms with van der Waals surface area (Å²) in [7, 11) is 4.30. The van der Waals surface area contributed by atoms with E-state index >= 15 is 0 Å². The van der Waals surface area contributed by atoms with Crippen molar-refractivity contribution in [1.82, 2.24) is 15.1 Å². The van der Waals surface area contributed by atoms with Gasteiger partial charge in [-0.3, -0.25) is 9.80 Å². The van der Waals surface area contributed by atoms with Gasteiger partial charge >= 0.3 is 0 Å². The molecule has 0 aromatic heterocycles. The van der Waals surface area contributed by atoms with Gasteiger partial charge in [0, 0.05) is 37.3 Å². The van der Waals surface area contributed by atoms with Gasteiger partial charge < -0.3 is 5.32 Å². The Balaban J connectivity index is 2.75. The monoisotopic (exact) mass is 227 g/mol. The Kier molecular flexibility index (Phi) is 4.77. The molecule has 1 fully saturated rings. The summed E-state index contributed by atoms with van der Waals surface area (Å²) in [6, 6.07) is 1.34. The third kappa shape index (κ3) is 2.96. The zero-order valence-corrected chi connectivity index (χ0v) is 11.9. The Bertz CT molecular complexity index is 215. The second-order valence-electron chi connectivity index (χ2n) is 5.83. The molecule has 16 heavy (non-hydrogen) atoms. The van der Waals surface area contributed by atoms with Crippen molar-refractivity contribution in [3.63, 3.8) is 0 Å². The average Bonchev–Trinajstić information content (AvgIpc) is 2.22. The molecule has 2 unspecified atom stereocenters. The molecule has 0 aromatic carbocycles. The van der Waals surface area contributed by atoms with E-state index in [0.717, 1.165) is 13.1 Å². The van der Waals surface area contributed by atoms with E-state index in [2.05, 4.69) is 56.9 Å². The van der Waals surface area contributed by atoms with Gasteiger partial charge in [0.25, 0.3) is 0 Å². The minimum atomic E-state index is 0.299. The lowest BCUT2D eigenvalue weighted by molar-refractivity contribution is -0.0207. The lowest BCUT2D eigenvalue weighted by atomic mass is 9.94. The van der Waals surface area contributed by atoms with Gasteiger partial charge in [-0.1, -0.05) is 6.92 Å². The summed E-state index contributed by atoms with van der Waals surface area (Å²) in [5, 5.41) is 3.33. The fraction of sp³-hybridized carbons (Fsp3) is 1.00. The van der Waals surface area contributed by atoms with Crippen LogP contribution in [0, 0.1) is 0 Å². The Labute approximate surface area is 101 Å². The Hall–Kier alpha value is -0.120. The molecule has 1 N–H and O–H groups in total. The van der Waals surface area contributed by atoms with Crippen LogP contribution < -0.4 is 5.32 Å². The first-order chi connectivity index (χ1) is 7.42. The maximum atomic E-state index is 3.33. The number of nitrogens with zero attached hydrogens (tertiary/aromatic N) is 2. The summed E-state index contributed by atoms with van der Waals surface area (Å²) in [6.45, 7) is 12.8. The van der Waals surface area contributed by atoms with E-state index in [4.69, 9.17) is 0 Å². The molecule has 0 amide bonds. The van der Waals surface area contributed by atoms with Gasteiger partial charge in [0.1, 0.15) is 0 Å². The van der Waals surface area contributed by atoms with Crippen LogP contribution in [0.25, 0.3) is 0 Å². The first kappa shape index (κ1) is 13.9. The Morgan fingerprint density at radius 2 is 2.06 bits per heavy atom. The van der Waals surface area contributed by atoms with Crippen molar-refractivity contribution >= 4 is 0 Å². The highest BCUT2D eigenvalue weighted by molar-refractivity contribution is 4.95. The third-order valence-electron chi connectivity index (χ3n) is 4.15. The largest absolute Gasteiger partial charge is 0.318 e. The molecule has 1 heterocycles. The predicted octanol–water partition coefficient (Wildman–Crippen LogP) is 1.40. The van der Waals surface area contributed by atoms with Gasteiger partial charge in [-0.15, -0.1) is 0 Å². The van der Waals surface area contributed by atoms with Crippen molar-refractivity contribution in [2.75, 3.05) is 33.7 Å². The van der Waals surface area contributed by atoms with Crippen LogP contribution in [0.1, 0.15) is 34.1 Å². The number of nitrogens with one attached hydrogen (secondary N) is 1. The summed E-state index contributed by atoms with van der Waals surface area (Å²) >= 11 is 0. The van der Waals surface area contributed by atoms with E-state index in [0.29, 0.717) is 17.6 Å². The summed E-state index contributed by atoms with van der Waals surface area (Å²) in [5.41, 5.74) is 0.299. The van der Waals surface area contributed by atoms with Crippen molar-refractivity contribution in [2.24, 2.45) is 0 Å². The lowest BCUT2D eigenvalue weighted by Crippen LogP contribution is -2.65. The Morgan fingerprint density at radius 3 is 2.56 bits per heavy atom. The number of piperazine rings is 1. The van der Waals surface area contributed by atoms with Crippen LogP contribution in [-0.4, -0.2) is 61.2 Å². The van der Waals surface area contributed by atoms with Gasteiger partial charge in [-0.25, -0.2) is 0 Å². The smallest absolute Gasteiger partial charge is 0.0351 e. The first-order valence-corrected chi connectivity index (χ1v) is 6.54. The fourth-order valence-corrected chi connectivity index (χ4v) is 2.53. The van der Waals surface area contributed by atoms with E-state index in [1.807, 2.05) is 0 Å². The first-order valence-electron chi connectivity index (χ1n) is 6.54. The molecule has 3 nitrogen and oxygen atoms in total. The quantitative estimate of drug-likeness (QED) is 0.783. The molecule has 2 atom stereocenters. The molecule has 0 saturated carbocycles. The van der Waals surface area contributed by atoms with Crippen LogP contribution in [0.5, 0.6) is 0 Å². The zero-order chi connectivity index (χ0) is 12.3. The maximum Gasteiger partial charge on any atom is 0.0351 e. The molecular formula is C13H29N3. The highest BCUT2D eigenvalue weighted by Crippen LogP contribution is 2.25. The molecule has 0 aliphatic carbocycles. The van der Waals surface area contributed by atoms with Gasteiger partial charge in [0.15, 0.2) is 0 Å². The van der Waals surface area contributed by atoms with Crippen molar-refractivity contribution in [3.8, 4) is 0 Å². The highest BCUT2D eigenvalue weighted by atomic mass is 15.3. The van der Waals surface area contributed by atoms with Gasteiger partial charge in [0.2, 0.25) is 0 Å².